The average molecular weight is 365 g/mol. The van der Waals surface area contributed by atoms with Crippen LogP contribution in [-0.2, 0) is 17.1 Å². The quantitative estimate of drug-likeness (QED) is 0.796. The molecule has 6 heteroatoms. The minimum Gasteiger partial charge on any atom is -0.545 e. The molecule has 0 aliphatic heterocycles. The van der Waals surface area contributed by atoms with E-state index in [0.717, 1.165) is 13.0 Å². The predicted octanol–water partition coefficient (Wildman–Crippen LogP) is 0.453. The molecule has 23 heavy (non-hydrogen) atoms. The summed E-state index contributed by atoms with van der Waals surface area (Å²) in [6.45, 7) is 2.88. The van der Waals surface area contributed by atoms with Crippen molar-refractivity contribution in [3.63, 3.8) is 0 Å². The summed E-state index contributed by atoms with van der Waals surface area (Å²) in [6, 6.07) is 16.1. The van der Waals surface area contributed by atoms with Gasteiger partial charge in [0.2, 0.25) is 0 Å². The van der Waals surface area contributed by atoms with E-state index in [4.69, 9.17) is 5.73 Å². The number of hydrogen-bond acceptors (Lipinski definition) is 5. The molecule has 0 bridgehead atoms. The smallest absolute Gasteiger partial charge is 0.545 e. The van der Waals surface area contributed by atoms with Crippen LogP contribution in [0, 0.1) is 0 Å². The van der Waals surface area contributed by atoms with Gasteiger partial charge in [0, 0.05) is 0 Å². The summed E-state index contributed by atoms with van der Waals surface area (Å²) < 4.78 is 0. The van der Waals surface area contributed by atoms with Crippen molar-refractivity contribution in [1.82, 2.24) is 0 Å². The molecule has 0 aliphatic carbocycles. The van der Waals surface area contributed by atoms with E-state index >= 15 is 0 Å². The predicted molar refractivity (Wildman–Crippen MR) is 80.9 cm³/mol. The minimum absolute atomic E-state index is 0. The summed E-state index contributed by atoms with van der Waals surface area (Å²) in [5, 5.41) is 20.2. The number of carboxylic acids is 2. The van der Waals surface area contributed by atoms with Gasteiger partial charge in [-0.25, -0.2) is 0 Å². The first-order chi connectivity index (χ1) is 10.5. The maximum atomic E-state index is 10.1. The van der Waals surface area contributed by atoms with Crippen LogP contribution < -0.4 is 15.9 Å². The molecule has 5 nitrogen and oxygen atoms in total. The van der Waals surface area contributed by atoms with Crippen LogP contribution >= 0.6 is 0 Å². The summed E-state index contributed by atoms with van der Waals surface area (Å²) >= 11 is 0. The third kappa shape index (κ3) is 12.1. The van der Waals surface area contributed by atoms with Crippen LogP contribution in [0.3, 0.4) is 0 Å². The Balaban J connectivity index is 0. The Morgan fingerprint density at radius 1 is 0.826 bits per heavy atom. The zero-order chi connectivity index (χ0) is 16.8. The van der Waals surface area contributed by atoms with Crippen molar-refractivity contribution in [2.24, 2.45) is 5.73 Å². The molecular formula is C17H19CuNO4. The third-order valence-corrected chi connectivity index (χ3v) is 2.31. The van der Waals surface area contributed by atoms with Gasteiger partial charge >= 0.3 is 17.1 Å². The Hall–Kier alpha value is -2.14. The summed E-state index contributed by atoms with van der Waals surface area (Å²) in [5.74, 6) is -2.26. The average Bonchev–Trinajstić information content (AvgIpc) is 2.57. The molecule has 0 unspecified atom stereocenters. The van der Waals surface area contributed by atoms with Crippen molar-refractivity contribution in [2.75, 3.05) is 6.54 Å². The van der Waals surface area contributed by atoms with E-state index in [9.17, 15) is 19.8 Å². The van der Waals surface area contributed by atoms with Crippen molar-refractivity contribution in [3.8, 4) is 0 Å². The van der Waals surface area contributed by atoms with Gasteiger partial charge in [0.15, 0.2) is 0 Å². The molecule has 127 valence electrons. The maximum Gasteiger partial charge on any atom is 2.00 e. The number of carboxylic acid groups (broad SMARTS) is 2. The van der Waals surface area contributed by atoms with Crippen molar-refractivity contribution < 1.29 is 36.9 Å². The number of hydrogen-bond donors (Lipinski definition) is 1. The number of aromatic carboxylic acids is 2. The Kier molecular flexibility index (Phi) is 14.9. The normalized spacial score (nSPS) is 8.26. The molecule has 0 heterocycles. The first kappa shape index (κ1) is 23.1. The minimum atomic E-state index is -1.13. The van der Waals surface area contributed by atoms with Gasteiger partial charge in [-0.15, -0.1) is 0 Å². The Morgan fingerprint density at radius 2 is 1.09 bits per heavy atom. The third-order valence-electron chi connectivity index (χ3n) is 2.31. The first-order valence-corrected chi connectivity index (χ1v) is 6.75. The van der Waals surface area contributed by atoms with Gasteiger partial charge in [0.1, 0.15) is 0 Å². The van der Waals surface area contributed by atoms with Crippen LogP contribution in [0.15, 0.2) is 60.7 Å². The van der Waals surface area contributed by atoms with Gasteiger partial charge in [0.25, 0.3) is 0 Å². The maximum absolute atomic E-state index is 10.1. The van der Waals surface area contributed by atoms with Gasteiger partial charge in [-0.2, -0.15) is 0 Å². The molecule has 0 aromatic heterocycles. The van der Waals surface area contributed by atoms with Crippen LogP contribution in [-0.4, -0.2) is 18.5 Å². The van der Waals surface area contributed by atoms with E-state index in [0.29, 0.717) is 0 Å². The number of benzene rings is 2. The van der Waals surface area contributed by atoms with Gasteiger partial charge < -0.3 is 25.5 Å². The number of carbonyl (C=O) groups excluding carboxylic acids is 2. The van der Waals surface area contributed by atoms with Crippen LogP contribution in [0.1, 0.15) is 34.1 Å². The fourth-order valence-electron chi connectivity index (χ4n) is 1.15. The standard InChI is InChI=1S/2C7H6O2.C3H9N.Cu/c2*8-7(9)6-4-2-1-3-5-6;1-2-3-4;/h2*1-5H,(H,8,9);2-4H2,1H3;/q;;;+2/p-2. The van der Waals surface area contributed by atoms with E-state index in [1.807, 2.05) is 0 Å². The summed E-state index contributed by atoms with van der Waals surface area (Å²) in [6.07, 6.45) is 1.10. The van der Waals surface area contributed by atoms with Crippen LogP contribution in [0.2, 0.25) is 0 Å². The Labute approximate surface area is 146 Å². The molecule has 0 fully saturated rings. The van der Waals surface area contributed by atoms with E-state index in [2.05, 4.69) is 6.92 Å². The SMILES string of the molecule is CCCN.O=C([O-])c1ccccc1.O=C([O-])c1ccccc1.[Cu+2]. The van der Waals surface area contributed by atoms with Gasteiger partial charge in [-0.1, -0.05) is 67.6 Å². The fraction of sp³-hybridized carbons (Fsp3) is 0.176. The van der Waals surface area contributed by atoms with Gasteiger partial charge in [-0.3, -0.25) is 0 Å². The Morgan fingerprint density at radius 3 is 1.22 bits per heavy atom. The molecule has 0 spiro atoms. The van der Waals surface area contributed by atoms with Crippen LogP contribution in [0.25, 0.3) is 0 Å². The van der Waals surface area contributed by atoms with Crippen LogP contribution in [0.4, 0.5) is 0 Å². The van der Waals surface area contributed by atoms with Gasteiger partial charge in [0.05, 0.1) is 11.9 Å². The molecule has 0 saturated heterocycles. The molecule has 2 N–H and O–H groups in total. The largest absolute Gasteiger partial charge is 2.00 e. The van der Waals surface area contributed by atoms with Crippen LogP contribution in [0.5, 0.6) is 0 Å². The molecule has 0 atom stereocenters. The van der Waals surface area contributed by atoms with E-state index in [1.54, 1.807) is 36.4 Å². The van der Waals surface area contributed by atoms with Crippen molar-refractivity contribution in [3.05, 3.63) is 71.8 Å². The van der Waals surface area contributed by atoms with Crippen molar-refractivity contribution >= 4 is 11.9 Å². The molecular weight excluding hydrogens is 346 g/mol. The zero-order valence-electron chi connectivity index (χ0n) is 12.7. The summed E-state index contributed by atoms with van der Waals surface area (Å²) in [5.41, 5.74) is 5.47. The van der Waals surface area contributed by atoms with E-state index in [1.165, 1.54) is 24.3 Å². The molecule has 0 amide bonds. The van der Waals surface area contributed by atoms with E-state index < -0.39 is 11.9 Å². The number of carbonyl (C=O) groups is 2. The topological polar surface area (TPSA) is 106 Å². The molecule has 1 radical (unpaired) electrons. The molecule has 0 aliphatic rings. The number of rotatable bonds is 3. The second kappa shape index (κ2) is 14.8. The fourth-order valence-corrected chi connectivity index (χ4v) is 1.15. The summed E-state index contributed by atoms with van der Waals surface area (Å²) in [4.78, 5) is 20.2. The molecule has 2 aromatic carbocycles. The second-order valence-electron chi connectivity index (χ2n) is 4.10. The zero-order valence-corrected chi connectivity index (χ0v) is 13.6. The number of nitrogens with two attached hydrogens (primary N) is 1. The monoisotopic (exact) mass is 364 g/mol. The van der Waals surface area contributed by atoms with Crippen molar-refractivity contribution in [2.45, 2.75) is 13.3 Å². The molecule has 0 saturated carbocycles. The van der Waals surface area contributed by atoms with Crippen molar-refractivity contribution in [1.29, 1.82) is 0 Å². The molecule has 2 rings (SSSR count). The molecule has 2 aromatic rings. The second-order valence-corrected chi connectivity index (χ2v) is 4.10. The first-order valence-electron chi connectivity index (χ1n) is 6.75. The Bertz CT molecular complexity index is 496. The summed E-state index contributed by atoms with van der Waals surface area (Å²) in [7, 11) is 0. The van der Waals surface area contributed by atoms with Gasteiger partial charge in [-0.05, 0) is 24.1 Å². The van der Waals surface area contributed by atoms with E-state index in [-0.39, 0.29) is 28.2 Å².